The first-order chi connectivity index (χ1) is 15.9. The zero-order chi connectivity index (χ0) is 23.8. The normalized spacial score (nSPS) is 14.6. The molecule has 1 heterocycles. The van der Waals surface area contributed by atoms with E-state index in [-0.39, 0.29) is 10.8 Å². The maximum atomic E-state index is 13.1. The van der Waals surface area contributed by atoms with Crippen LogP contribution < -0.4 is 15.0 Å². The van der Waals surface area contributed by atoms with E-state index in [0.29, 0.717) is 49.9 Å². The van der Waals surface area contributed by atoms with Crippen LogP contribution in [0.15, 0.2) is 47.4 Å². The third kappa shape index (κ3) is 6.04. The monoisotopic (exact) mass is 475 g/mol. The van der Waals surface area contributed by atoms with Crippen molar-refractivity contribution in [2.24, 2.45) is 0 Å². The molecule has 1 aliphatic rings. The van der Waals surface area contributed by atoms with Crippen LogP contribution in [0.4, 0.5) is 11.4 Å². The van der Waals surface area contributed by atoms with Crippen LogP contribution in [0, 0.1) is 0 Å². The lowest BCUT2D eigenvalue weighted by molar-refractivity contribution is 0.0730. The molecule has 33 heavy (non-hydrogen) atoms. The van der Waals surface area contributed by atoms with Crippen molar-refractivity contribution in [1.82, 2.24) is 4.31 Å². The number of ether oxygens (including phenoxy) is 2. The van der Waals surface area contributed by atoms with Gasteiger partial charge in [-0.15, -0.1) is 0 Å². The van der Waals surface area contributed by atoms with Gasteiger partial charge in [-0.25, -0.2) is 8.42 Å². The molecule has 0 radical (unpaired) electrons. The highest BCUT2D eigenvalue weighted by Gasteiger charge is 2.27. The van der Waals surface area contributed by atoms with Gasteiger partial charge in [0.15, 0.2) is 0 Å². The summed E-state index contributed by atoms with van der Waals surface area (Å²) in [5.41, 5.74) is 1.86. The molecule has 2 aromatic rings. The standard InChI is InChI=1S/C24H33N3O5S/c1-4-13-26(5-2)20-9-7-19(8-10-20)24(28)25-22-18-21(11-12-23(22)32-6-3)33(29,30)27-14-16-31-17-15-27/h7-12,18H,4-6,13-17H2,1-3H3,(H,25,28). The van der Waals surface area contributed by atoms with Crippen LogP contribution >= 0.6 is 0 Å². The molecule has 1 aliphatic heterocycles. The molecule has 1 fully saturated rings. The molecule has 0 spiro atoms. The molecule has 9 heteroatoms. The fourth-order valence-electron chi connectivity index (χ4n) is 3.74. The number of benzene rings is 2. The van der Waals surface area contributed by atoms with Gasteiger partial charge in [-0.1, -0.05) is 6.92 Å². The molecule has 0 unspecified atom stereocenters. The fraction of sp³-hybridized carbons (Fsp3) is 0.458. The van der Waals surface area contributed by atoms with Crippen LogP contribution in [-0.4, -0.2) is 64.6 Å². The fourth-order valence-corrected chi connectivity index (χ4v) is 5.18. The van der Waals surface area contributed by atoms with E-state index >= 15 is 0 Å². The Balaban J connectivity index is 1.84. The lowest BCUT2D eigenvalue weighted by atomic mass is 10.1. The van der Waals surface area contributed by atoms with Gasteiger partial charge in [-0.2, -0.15) is 4.31 Å². The van der Waals surface area contributed by atoms with Crippen LogP contribution in [0.5, 0.6) is 5.75 Å². The number of hydrogen-bond donors (Lipinski definition) is 1. The van der Waals surface area contributed by atoms with Crippen LogP contribution in [0.3, 0.4) is 0 Å². The van der Waals surface area contributed by atoms with Crippen molar-refractivity contribution >= 4 is 27.3 Å². The summed E-state index contributed by atoms with van der Waals surface area (Å²) in [6.07, 6.45) is 1.04. The van der Waals surface area contributed by atoms with Gasteiger partial charge in [0.05, 0.1) is 30.4 Å². The average Bonchev–Trinajstić information content (AvgIpc) is 2.84. The lowest BCUT2D eigenvalue weighted by Gasteiger charge is -2.26. The van der Waals surface area contributed by atoms with Gasteiger partial charge >= 0.3 is 0 Å². The van der Waals surface area contributed by atoms with Crippen molar-refractivity contribution in [2.75, 3.05) is 56.2 Å². The molecule has 3 rings (SSSR count). The van der Waals surface area contributed by atoms with Crippen molar-refractivity contribution in [2.45, 2.75) is 32.1 Å². The van der Waals surface area contributed by atoms with E-state index in [1.807, 2.05) is 19.1 Å². The molecule has 1 N–H and O–H groups in total. The van der Waals surface area contributed by atoms with Crippen LogP contribution in [0.25, 0.3) is 0 Å². The molecule has 8 nitrogen and oxygen atoms in total. The molecule has 0 bridgehead atoms. The Bertz CT molecular complexity index is 1030. The summed E-state index contributed by atoms with van der Waals surface area (Å²) < 4.78 is 38.4. The number of nitrogens with one attached hydrogen (secondary N) is 1. The van der Waals surface area contributed by atoms with Crippen molar-refractivity contribution in [3.8, 4) is 5.75 Å². The van der Waals surface area contributed by atoms with E-state index in [9.17, 15) is 13.2 Å². The second-order valence-electron chi connectivity index (χ2n) is 7.69. The Morgan fingerprint density at radius 3 is 2.39 bits per heavy atom. The second kappa shape index (κ2) is 11.5. The van der Waals surface area contributed by atoms with Crippen molar-refractivity contribution in [3.63, 3.8) is 0 Å². The number of hydrogen-bond acceptors (Lipinski definition) is 6. The molecule has 2 aromatic carbocycles. The van der Waals surface area contributed by atoms with E-state index in [0.717, 1.165) is 25.2 Å². The summed E-state index contributed by atoms with van der Waals surface area (Å²) in [6.45, 7) is 9.62. The minimum atomic E-state index is -3.70. The second-order valence-corrected chi connectivity index (χ2v) is 9.63. The maximum absolute atomic E-state index is 13.1. The third-order valence-electron chi connectivity index (χ3n) is 5.48. The van der Waals surface area contributed by atoms with Crippen molar-refractivity contribution in [3.05, 3.63) is 48.0 Å². The summed E-state index contributed by atoms with van der Waals surface area (Å²) in [5, 5.41) is 2.83. The number of rotatable bonds is 10. The quantitative estimate of drug-likeness (QED) is 0.565. The molecule has 0 aromatic heterocycles. The highest BCUT2D eigenvalue weighted by Crippen LogP contribution is 2.30. The highest BCUT2D eigenvalue weighted by atomic mass is 32.2. The van der Waals surface area contributed by atoms with E-state index in [4.69, 9.17) is 9.47 Å². The number of amides is 1. The van der Waals surface area contributed by atoms with Gasteiger partial charge < -0.3 is 19.7 Å². The van der Waals surface area contributed by atoms with Gasteiger partial charge in [0.25, 0.3) is 5.91 Å². The zero-order valence-corrected chi connectivity index (χ0v) is 20.4. The van der Waals surface area contributed by atoms with E-state index < -0.39 is 10.0 Å². The van der Waals surface area contributed by atoms with Gasteiger partial charge in [-0.05, 0) is 62.7 Å². The SMILES string of the molecule is CCCN(CC)c1ccc(C(=O)Nc2cc(S(=O)(=O)N3CCOCC3)ccc2OCC)cc1. The number of anilines is 2. The Kier molecular flexibility index (Phi) is 8.71. The van der Waals surface area contributed by atoms with E-state index in [1.54, 1.807) is 18.2 Å². The smallest absolute Gasteiger partial charge is 0.255 e. The summed E-state index contributed by atoms with van der Waals surface area (Å²) in [7, 11) is -3.70. The third-order valence-corrected chi connectivity index (χ3v) is 7.37. The summed E-state index contributed by atoms with van der Waals surface area (Å²) in [4.78, 5) is 15.3. The van der Waals surface area contributed by atoms with Gasteiger partial charge in [0.2, 0.25) is 10.0 Å². The largest absolute Gasteiger partial charge is 0.492 e. The van der Waals surface area contributed by atoms with E-state index in [2.05, 4.69) is 24.1 Å². The Morgan fingerprint density at radius 1 is 1.09 bits per heavy atom. The van der Waals surface area contributed by atoms with Crippen LogP contribution in [-0.2, 0) is 14.8 Å². The minimum absolute atomic E-state index is 0.108. The summed E-state index contributed by atoms with van der Waals surface area (Å²) >= 11 is 0. The molecule has 1 amide bonds. The Morgan fingerprint density at radius 2 is 1.79 bits per heavy atom. The Hall–Kier alpha value is -2.62. The molecule has 0 saturated carbocycles. The first-order valence-corrected chi connectivity index (χ1v) is 12.9. The highest BCUT2D eigenvalue weighted by molar-refractivity contribution is 7.89. The predicted molar refractivity (Wildman–Crippen MR) is 130 cm³/mol. The zero-order valence-electron chi connectivity index (χ0n) is 19.5. The lowest BCUT2D eigenvalue weighted by Crippen LogP contribution is -2.40. The summed E-state index contributed by atoms with van der Waals surface area (Å²) in [6, 6.07) is 12.0. The minimum Gasteiger partial charge on any atom is -0.492 e. The number of sulfonamides is 1. The Labute approximate surface area is 196 Å². The number of nitrogens with zero attached hydrogens (tertiary/aromatic N) is 2. The molecule has 0 atom stereocenters. The van der Waals surface area contributed by atoms with Crippen LogP contribution in [0.1, 0.15) is 37.6 Å². The number of morpholine rings is 1. The first-order valence-electron chi connectivity index (χ1n) is 11.4. The molecule has 1 saturated heterocycles. The van der Waals surface area contributed by atoms with Crippen molar-refractivity contribution < 1.29 is 22.7 Å². The topological polar surface area (TPSA) is 88.2 Å². The van der Waals surface area contributed by atoms with Crippen LogP contribution in [0.2, 0.25) is 0 Å². The predicted octanol–water partition coefficient (Wildman–Crippen LogP) is 3.59. The van der Waals surface area contributed by atoms with Gasteiger partial charge in [0, 0.05) is 37.4 Å². The summed E-state index contributed by atoms with van der Waals surface area (Å²) in [5.74, 6) is 0.0884. The molecular weight excluding hydrogens is 442 g/mol. The number of carbonyl (C=O) groups excluding carboxylic acids is 1. The van der Waals surface area contributed by atoms with E-state index in [1.165, 1.54) is 16.4 Å². The molecule has 0 aliphatic carbocycles. The first kappa shape index (κ1) is 25.0. The molecular formula is C24H33N3O5S. The maximum Gasteiger partial charge on any atom is 0.255 e. The molecule has 180 valence electrons. The van der Waals surface area contributed by atoms with Gasteiger partial charge in [-0.3, -0.25) is 4.79 Å². The van der Waals surface area contributed by atoms with Crippen molar-refractivity contribution in [1.29, 1.82) is 0 Å². The average molecular weight is 476 g/mol. The van der Waals surface area contributed by atoms with Gasteiger partial charge in [0.1, 0.15) is 5.75 Å². The number of carbonyl (C=O) groups is 1.